The number of aromatic nitrogens is 3. The van der Waals surface area contributed by atoms with Crippen molar-refractivity contribution in [3.8, 4) is 0 Å². The maximum Gasteiger partial charge on any atom is 0.264 e. The zero-order valence-corrected chi connectivity index (χ0v) is 20.7. The Bertz CT molecular complexity index is 1660. The molecule has 10 heteroatoms. The summed E-state index contributed by atoms with van der Waals surface area (Å²) in [6, 6.07) is 20.4. The van der Waals surface area contributed by atoms with Gasteiger partial charge in [0, 0.05) is 29.7 Å². The Morgan fingerprint density at radius 2 is 1.64 bits per heavy atom. The van der Waals surface area contributed by atoms with Crippen molar-refractivity contribution >= 4 is 54.9 Å². The molecule has 1 aliphatic rings. The molecule has 1 N–H and O–H groups in total. The first-order valence-corrected chi connectivity index (χ1v) is 13.5. The van der Waals surface area contributed by atoms with Gasteiger partial charge in [0.25, 0.3) is 10.0 Å². The molecule has 2 aromatic heterocycles. The lowest BCUT2D eigenvalue weighted by Gasteiger charge is -2.33. The molecule has 6 rings (SSSR count). The van der Waals surface area contributed by atoms with Gasteiger partial charge >= 0.3 is 0 Å². The zero-order chi connectivity index (χ0) is 24.7. The lowest BCUT2D eigenvalue weighted by atomic mass is 9.89. The van der Waals surface area contributed by atoms with Crippen LogP contribution in [0.5, 0.6) is 0 Å². The topological polar surface area (TPSA) is 101 Å². The number of rotatable bonds is 5. The molecule has 0 saturated carbocycles. The summed E-state index contributed by atoms with van der Waals surface area (Å²) in [7, 11) is -3.98. The van der Waals surface area contributed by atoms with Crippen LogP contribution in [0.25, 0.3) is 21.9 Å². The third-order valence-electron chi connectivity index (χ3n) is 6.70. The highest BCUT2D eigenvalue weighted by atomic mass is 35.5. The fraction of sp³-hybridized carbons (Fsp3) is 0.192. The van der Waals surface area contributed by atoms with Crippen molar-refractivity contribution < 1.29 is 13.0 Å². The third-order valence-corrected chi connectivity index (χ3v) is 8.35. The third kappa shape index (κ3) is 4.14. The number of para-hydroxylation sites is 1. The molecule has 0 bridgehead atoms. The lowest BCUT2D eigenvalue weighted by molar-refractivity contribution is 0.315. The Kier molecular flexibility index (Phi) is 5.73. The van der Waals surface area contributed by atoms with Crippen LogP contribution in [-0.4, -0.2) is 36.8 Å². The van der Waals surface area contributed by atoms with Gasteiger partial charge in [-0.3, -0.25) is 9.71 Å². The first kappa shape index (κ1) is 22.8. The molecule has 0 amide bonds. The number of nitrogens with zero attached hydrogens (tertiary/aromatic N) is 4. The molecule has 3 aromatic carbocycles. The Labute approximate surface area is 212 Å². The zero-order valence-electron chi connectivity index (χ0n) is 19.1. The highest BCUT2D eigenvalue weighted by Crippen LogP contribution is 2.36. The van der Waals surface area contributed by atoms with Crippen molar-refractivity contribution in [2.24, 2.45) is 0 Å². The minimum atomic E-state index is -3.98. The van der Waals surface area contributed by atoms with Gasteiger partial charge in [0.15, 0.2) is 11.0 Å². The molecule has 0 atom stereocenters. The van der Waals surface area contributed by atoms with E-state index in [-0.39, 0.29) is 10.4 Å². The highest BCUT2D eigenvalue weighted by Gasteiger charge is 2.27. The summed E-state index contributed by atoms with van der Waals surface area (Å²) in [6.07, 6.45) is 3.55. The molecule has 1 aliphatic heterocycles. The number of nitrogens with one attached hydrogen (secondary N) is 1. The average molecular weight is 520 g/mol. The van der Waals surface area contributed by atoms with E-state index in [0.29, 0.717) is 22.6 Å². The van der Waals surface area contributed by atoms with E-state index in [1.807, 2.05) is 30.3 Å². The summed E-state index contributed by atoms with van der Waals surface area (Å²) in [5.41, 5.74) is 3.69. The second-order valence-corrected chi connectivity index (χ2v) is 10.9. The van der Waals surface area contributed by atoms with E-state index < -0.39 is 10.0 Å². The average Bonchev–Trinajstić information content (AvgIpc) is 3.39. The fourth-order valence-electron chi connectivity index (χ4n) is 4.88. The summed E-state index contributed by atoms with van der Waals surface area (Å²) in [5.74, 6) is 0.447. The van der Waals surface area contributed by atoms with Gasteiger partial charge in [-0.25, -0.2) is 13.0 Å². The normalized spacial score (nSPS) is 15.0. The molecule has 182 valence electrons. The van der Waals surface area contributed by atoms with Gasteiger partial charge in [-0.05, 0) is 71.0 Å². The van der Waals surface area contributed by atoms with Crippen LogP contribution >= 0.6 is 11.6 Å². The van der Waals surface area contributed by atoms with Crippen molar-refractivity contribution in [2.45, 2.75) is 23.7 Å². The van der Waals surface area contributed by atoms with E-state index in [2.05, 4.69) is 37.1 Å². The summed E-state index contributed by atoms with van der Waals surface area (Å²) in [6.45, 7) is 1.61. The predicted molar refractivity (Wildman–Crippen MR) is 140 cm³/mol. The van der Waals surface area contributed by atoms with E-state index in [1.54, 1.807) is 30.5 Å². The molecule has 3 heterocycles. The summed E-state index contributed by atoms with van der Waals surface area (Å²) in [4.78, 5) is 6.54. The van der Waals surface area contributed by atoms with Crippen LogP contribution in [0.2, 0.25) is 5.02 Å². The fourth-order valence-corrected chi connectivity index (χ4v) is 6.20. The number of benzene rings is 3. The maximum absolute atomic E-state index is 13.4. The highest BCUT2D eigenvalue weighted by molar-refractivity contribution is 7.93. The van der Waals surface area contributed by atoms with Crippen LogP contribution < -0.4 is 9.62 Å². The van der Waals surface area contributed by atoms with Gasteiger partial charge in [0.1, 0.15) is 4.90 Å². The number of fused-ring (bicyclic) bond motifs is 2. The van der Waals surface area contributed by atoms with Crippen molar-refractivity contribution in [1.29, 1.82) is 0 Å². The van der Waals surface area contributed by atoms with Crippen LogP contribution in [0, 0.1) is 0 Å². The standard InChI is InChI=1S/C26H22ClN5O3S/c27-20-8-6-17(7-9-20)18-12-15-32(16-13-18)22-10-11-23(26-25(22)29-35-30-26)36(33,34)31-21-5-1-3-19-4-2-14-28-24(19)21/h1-11,14,18,31H,12-13,15-16H2. The van der Waals surface area contributed by atoms with Gasteiger partial charge in [0.05, 0.1) is 16.9 Å². The number of hydrogen-bond acceptors (Lipinski definition) is 7. The van der Waals surface area contributed by atoms with Gasteiger partial charge in [-0.2, -0.15) is 0 Å². The van der Waals surface area contributed by atoms with Gasteiger partial charge < -0.3 is 4.90 Å². The molecular weight excluding hydrogens is 498 g/mol. The maximum atomic E-state index is 13.4. The molecule has 5 aromatic rings. The quantitative estimate of drug-likeness (QED) is 0.322. The molecular formula is C26H22ClN5O3S. The first-order valence-electron chi connectivity index (χ1n) is 11.6. The number of halogens is 1. The molecule has 8 nitrogen and oxygen atoms in total. The van der Waals surface area contributed by atoms with Gasteiger partial charge in [-0.1, -0.05) is 41.9 Å². The van der Waals surface area contributed by atoms with E-state index >= 15 is 0 Å². The first-order chi connectivity index (χ1) is 17.5. The molecule has 0 radical (unpaired) electrons. The molecule has 0 spiro atoms. The van der Waals surface area contributed by atoms with Crippen LogP contribution in [-0.2, 0) is 10.0 Å². The van der Waals surface area contributed by atoms with E-state index in [1.165, 1.54) is 5.56 Å². The second-order valence-electron chi connectivity index (χ2n) is 8.84. The number of piperidine rings is 1. The largest absolute Gasteiger partial charge is 0.370 e. The summed E-state index contributed by atoms with van der Waals surface area (Å²) in [5, 5.41) is 9.59. The van der Waals surface area contributed by atoms with Crippen LogP contribution in [0.1, 0.15) is 24.3 Å². The summed E-state index contributed by atoms with van der Waals surface area (Å²) >= 11 is 6.03. The SMILES string of the molecule is O=S(=O)(Nc1cccc2cccnc12)c1ccc(N2CCC(c3ccc(Cl)cc3)CC2)c2nonc12. The molecule has 1 fully saturated rings. The molecule has 1 saturated heterocycles. The Balaban J connectivity index is 1.27. The number of pyridine rings is 1. The minimum Gasteiger partial charge on any atom is -0.370 e. The van der Waals surface area contributed by atoms with Crippen molar-refractivity contribution in [3.05, 3.63) is 83.5 Å². The van der Waals surface area contributed by atoms with E-state index in [0.717, 1.165) is 42.0 Å². The van der Waals surface area contributed by atoms with Gasteiger partial charge in [0.2, 0.25) is 0 Å². The predicted octanol–water partition coefficient (Wildman–Crippen LogP) is 5.61. The van der Waals surface area contributed by atoms with Crippen LogP contribution in [0.4, 0.5) is 11.4 Å². The van der Waals surface area contributed by atoms with E-state index in [4.69, 9.17) is 16.2 Å². The van der Waals surface area contributed by atoms with Crippen molar-refractivity contribution in [1.82, 2.24) is 15.3 Å². The summed E-state index contributed by atoms with van der Waals surface area (Å²) < 4.78 is 34.5. The number of hydrogen-bond donors (Lipinski definition) is 1. The smallest absolute Gasteiger partial charge is 0.264 e. The minimum absolute atomic E-state index is 0.00600. The molecule has 0 unspecified atom stereocenters. The Hall–Kier alpha value is -3.69. The van der Waals surface area contributed by atoms with Crippen molar-refractivity contribution in [2.75, 3.05) is 22.7 Å². The van der Waals surface area contributed by atoms with Crippen molar-refractivity contribution in [3.63, 3.8) is 0 Å². The van der Waals surface area contributed by atoms with E-state index in [9.17, 15) is 8.42 Å². The number of sulfonamides is 1. The van der Waals surface area contributed by atoms with Gasteiger partial charge in [-0.15, -0.1) is 0 Å². The number of anilines is 2. The Morgan fingerprint density at radius 1 is 0.889 bits per heavy atom. The molecule has 0 aliphatic carbocycles. The Morgan fingerprint density at radius 3 is 2.44 bits per heavy atom. The van der Waals surface area contributed by atoms with Crippen LogP contribution in [0.3, 0.4) is 0 Å². The molecule has 36 heavy (non-hydrogen) atoms. The second kappa shape index (κ2) is 9.07. The van der Waals surface area contributed by atoms with Crippen LogP contribution in [0.15, 0.2) is 82.5 Å². The lowest BCUT2D eigenvalue weighted by Crippen LogP contribution is -2.33. The monoisotopic (exact) mass is 519 g/mol.